The van der Waals surface area contributed by atoms with Crippen LogP contribution in [0.2, 0.25) is 0 Å². The minimum Gasteiger partial charge on any atom is -0.272 e. The number of para-hydroxylation sites is 1. The van der Waals surface area contributed by atoms with Gasteiger partial charge in [-0.3, -0.25) is 15.5 Å². The lowest BCUT2D eigenvalue weighted by Gasteiger charge is -2.12. The topological polar surface area (TPSA) is 116 Å². The van der Waals surface area contributed by atoms with Crippen LogP contribution in [0.25, 0.3) is 28.3 Å². The Labute approximate surface area is 206 Å². The molecule has 6 rings (SSSR count). The third-order valence-electron chi connectivity index (χ3n) is 5.55. The summed E-state index contributed by atoms with van der Waals surface area (Å²) in [5, 5.41) is 24.4. The molecule has 3 aromatic carbocycles. The largest absolute Gasteiger partial charge is 0.272 e. The summed E-state index contributed by atoms with van der Waals surface area (Å²) in [6, 6.07) is 23.8. The second-order valence-electron chi connectivity index (χ2n) is 7.70. The van der Waals surface area contributed by atoms with E-state index in [2.05, 4.69) is 36.5 Å². The Balaban J connectivity index is 1.51. The highest BCUT2D eigenvalue weighted by atomic mass is 79.9. The van der Waals surface area contributed by atoms with Crippen LogP contribution < -0.4 is 5.43 Å². The van der Waals surface area contributed by atoms with Crippen LogP contribution in [0.15, 0.2) is 88.3 Å². The van der Waals surface area contributed by atoms with E-state index >= 15 is 0 Å². The van der Waals surface area contributed by atoms with E-state index in [0.29, 0.717) is 23.2 Å². The number of aromatic nitrogens is 5. The van der Waals surface area contributed by atoms with Crippen LogP contribution in [0.3, 0.4) is 0 Å². The summed E-state index contributed by atoms with van der Waals surface area (Å²) in [6.07, 6.45) is 1.72. The number of hydrogen-bond acceptors (Lipinski definition) is 7. The summed E-state index contributed by atoms with van der Waals surface area (Å²) in [5.74, 6) is 1.49. The second kappa shape index (κ2) is 8.29. The standard InChI is InChI=1S/C24H15BrN8O2/c25-17-10-6-15(7-11-17)21-20-14-26-24-28-27-22(16-8-12-19(13-9-16)33(34)35)32(24)30-23(20)31(29-21)18-4-2-1-3-5-18/h1-14,30H. The predicted molar refractivity (Wildman–Crippen MR) is 135 cm³/mol. The van der Waals surface area contributed by atoms with Gasteiger partial charge in [0.2, 0.25) is 0 Å². The van der Waals surface area contributed by atoms with Crippen molar-refractivity contribution in [2.24, 2.45) is 4.99 Å². The van der Waals surface area contributed by atoms with Gasteiger partial charge in [-0.25, -0.2) is 9.67 Å². The van der Waals surface area contributed by atoms with E-state index in [1.165, 1.54) is 12.1 Å². The van der Waals surface area contributed by atoms with E-state index in [-0.39, 0.29) is 5.69 Å². The third-order valence-corrected chi connectivity index (χ3v) is 6.08. The lowest BCUT2D eigenvalue weighted by Crippen LogP contribution is -2.14. The van der Waals surface area contributed by atoms with Gasteiger partial charge in [0.1, 0.15) is 5.69 Å². The monoisotopic (exact) mass is 526 g/mol. The molecular weight excluding hydrogens is 512 g/mol. The van der Waals surface area contributed by atoms with Crippen molar-refractivity contribution in [1.82, 2.24) is 24.7 Å². The van der Waals surface area contributed by atoms with Crippen molar-refractivity contribution < 1.29 is 4.92 Å². The molecule has 0 bridgehead atoms. The zero-order chi connectivity index (χ0) is 23.9. The van der Waals surface area contributed by atoms with Crippen LogP contribution in [0.1, 0.15) is 5.56 Å². The highest BCUT2D eigenvalue weighted by molar-refractivity contribution is 9.10. The first-order chi connectivity index (χ1) is 17.1. The van der Waals surface area contributed by atoms with Gasteiger partial charge in [-0.15, -0.1) is 10.2 Å². The molecule has 1 N–H and O–H groups in total. The number of non-ortho nitro benzene ring substituents is 1. The van der Waals surface area contributed by atoms with Crippen LogP contribution in [0, 0.1) is 10.1 Å². The van der Waals surface area contributed by atoms with Gasteiger partial charge in [-0.2, -0.15) is 9.77 Å². The molecule has 0 fully saturated rings. The molecule has 0 saturated heterocycles. The lowest BCUT2D eigenvalue weighted by atomic mass is 10.1. The van der Waals surface area contributed by atoms with E-state index in [4.69, 9.17) is 5.10 Å². The molecule has 0 saturated carbocycles. The zero-order valence-corrected chi connectivity index (χ0v) is 19.5. The molecule has 0 radical (unpaired) electrons. The van der Waals surface area contributed by atoms with Gasteiger partial charge in [0.25, 0.3) is 11.6 Å². The van der Waals surface area contributed by atoms with Crippen LogP contribution in [0.5, 0.6) is 0 Å². The zero-order valence-electron chi connectivity index (χ0n) is 17.9. The number of hydrogen-bond donors (Lipinski definition) is 1. The number of anilines is 1. The molecule has 2 aromatic heterocycles. The Kier molecular flexibility index (Phi) is 4.96. The minimum atomic E-state index is -0.439. The molecule has 0 unspecified atom stereocenters. The van der Waals surface area contributed by atoms with Gasteiger partial charge in [0.05, 0.1) is 16.2 Å². The summed E-state index contributed by atoms with van der Waals surface area (Å²) < 4.78 is 4.43. The number of rotatable bonds is 4. The quantitative estimate of drug-likeness (QED) is 0.242. The van der Waals surface area contributed by atoms with Crippen molar-refractivity contribution in [1.29, 1.82) is 0 Å². The number of nitro benzene ring substituents is 1. The maximum absolute atomic E-state index is 11.1. The molecule has 3 heterocycles. The van der Waals surface area contributed by atoms with Crippen LogP contribution in [0.4, 0.5) is 17.5 Å². The van der Waals surface area contributed by atoms with E-state index in [9.17, 15) is 10.1 Å². The Bertz CT molecular complexity index is 1590. The number of fused-ring (bicyclic) bond motifs is 2. The SMILES string of the molecule is O=[N+]([O-])c1ccc(-c2nnc3n2Nc2c(c(-c4ccc(Br)cc4)nn2-c2ccccc2)C=N3)cc1. The van der Waals surface area contributed by atoms with E-state index in [1.807, 2.05) is 59.3 Å². The summed E-state index contributed by atoms with van der Waals surface area (Å²) >= 11 is 3.48. The Hall–Kier alpha value is -4.64. The van der Waals surface area contributed by atoms with Gasteiger partial charge in [-0.1, -0.05) is 46.3 Å². The van der Waals surface area contributed by atoms with Crippen molar-refractivity contribution in [3.63, 3.8) is 0 Å². The fourth-order valence-corrected chi connectivity index (χ4v) is 4.11. The number of halogens is 1. The average molecular weight is 527 g/mol. The first-order valence-electron chi connectivity index (χ1n) is 10.5. The molecular formula is C24H15BrN8O2. The maximum Gasteiger partial charge on any atom is 0.270 e. The first kappa shape index (κ1) is 20.9. The number of nitrogens with one attached hydrogen (secondary N) is 1. The highest BCUT2D eigenvalue weighted by Gasteiger charge is 2.25. The summed E-state index contributed by atoms with van der Waals surface area (Å²) in [7, 11) is 0. The Morgan fingerprint density at radius 1 is 0.886 bits per heavy atom. The lowest BCUT2D eigenvalue weighted by molar-refractivity contribution is -0.384. The molecule has 10 nitrogen and oxygen atoms in total. The van der Waals surface area contributed by atoms with Gasteiger partial charge in [-0.05, 0) is 36.4 Å². The third kappa shape index (κ3) is 3.67. The minimum absolute atomic E-state index is 0.00100. The van der Waals surface area contributed by atoms with Crippen LogP contribution in [-0.4, -0.2) is 35.8 Å². The van der Waals surface area contributed by atoms with Crippen molar-refractivity contribution in [3.8, 4) is 28.3 Å². The van der Waals surface area contributed by atoms with Gasteiger partial charge < -0.3 is 0 Å². The number of aliphatic imine (C=N–C) groups is 1. The normalized spacial score (nSPS) is 11.9. The van der Waals surface area contributed by atoms with Crippen molar-refractivity contribution in [3.05, 3.63) is 99.0 Å². The smallest absolute Gasteiger partial charge is 0.270 e. The van der Waals surface area contributed by atoms with E-state index in [1.54, 1.807) is 23.0 Å². The summed E-state index contributed by atoms with van der Waals surface area (Å²) in [5.41, 5.74) is 7.37. The summed E-state index contributed by atoms with van der Waals surface area (Å²) in [6.45, 7) is 0. The Morgan fingerprint density at radius 3 is 2.31 bits per heavy atom. The van der Waals surface area contributed by atoms with Crippen molar-refractivity contribution >= 4 is 39.6 Å². The first-order valence-corrected chi connectivity index (χ1v) is 11.3. The number of nitro groups is 1. The molecule has 0 atom stereocenters. The molecule has 5 aromatic rings. The molecule has 35 heavy (non-hydrogen) atoms. The fourth-order valence-electron chi connectivity index (χ4n) is 3.85. The fraction of sp³-hybridized carbons (Fsp3) is 0. The van der Waals surface area contributed by atoms with E-state index in [0.717, 1.165) is 27.0 Å². The van der Waals surface area contributed by atoms with Crippen LogP contribution >= 0.6 is 15.9 Å². The molecule has 0 amide bonds. The summed E-state index contributed by atoms with van der Waals surface area (Å²) in [4.78, 5) is 15.2. The number of benzene rings is 3. The average Bonchev–Trinajstić information content (AvgIpc) is 3.40. The maximum atomic E-state index is 11.1. The molecule has 0 spiro atoms. The van der Waals surface area contributed by atoms with Gasteiger partial charge in [0, 0.05) is 33.9 Å². The van der Waals surface area contributed by atoms with Crippen molar-refractivity contribution in [2.45, 2.75) is 0 Å². The molecule has 170 valence electrons. The molecule has 1 aliphatic heterocycles. The predicted octanol–water partition coefficient (Wildman–Crippen LogP) is 5.41. The van der Waals surface area contributed by atoms with E-state index < -0.39 is 4.92 Å². The second-order valence-corrected chi connectivity index (χ2v) is 8.61. The molecule has 11 heteroatoms. The molecule has 1 aliphatic rings. The molecule has 0 aliphatic carbocycles. The van der Waals surface area contributed by atoms with Crippen molar-refractivity contribution in [2.75, 3.05) is 5.43 Å². The van der Waals surface area contributed by atoms with Crippen LogP contribution in [-0.2, 0) is 0 Å². The highest BCUT2D eigenvalue weighted by Crippen LogP contribution is 2.34. The number of nitrogens with zero attached hydrogens (tertiary/aromatic N) is 7. The van der Waals surface area contributed by atoms with Gasteiger partial charge in [0.15, 0.2) is 11.6 Å². The Morgan fingerprint density at radius 2 is 1.60 bits per heavy atom. The van der Waals surface area contributed by atoms with Gasteiger partial charge >= 0.3 is 0 Å².